The van der Waals surface area contributed by atoms with E-state index in [9.17, 15) is 30.8 Å². The Kier molecular flexibility index (Phi) is 7.71. The lowest BCUT2D eigenvalue weighted by atomic mass is 9.92. The molecule has 1 heterocycles. The minimum atomic E-state index is -4.87. The van der Waals surface area contributed by atoms with E-state index in [4.69, 9.17) is 4.74 Å². The van der Waals surface area contributed by atoms with Gasteiger partial charge in [0.2, 0.25) is 10.0 Å². The zero-order valence-electron chi connectivity index (χ0n) is 17.8. The van der Waals surface area contributed by atoms with Gasteiger partial charge in [0.1, 0.15) is 11.6 Å². The summed E-state index contributed by atoms with van der Waals surface area (Å²) >= 11 is 0. The van der Waals surface area contributed by atoms with Crippen LogP contribution in [0.2, 0.25) is 0 Å². The summed E-state index contributed by atoms with van der Waals surface area (Å²) in [5.41, 5.74) is 0.636. The van der Waals surface area contributed by atoms with Gasteiger partial charge in [-0.3, -0.25) is 4.79 Å². The quantitative estimate of drug-likeness (QED) is 0.566. The second-order valence-corrected chi connectivity index (χ2v) is 9.35. The Labute approximate surface area is 189 Å². The maximum Gasteiger partial charge on any atom is 0.419 e. The van der Waals surface area contributed by atoms with Gasteiger partial charge in [0, 0.05) is 19.4 Å². The maximum absolute atomic E-state index is 13.5. The Morgan fingerprint density at radius 3 is 2.52 bits per heavy atom. The molecule has 0 spiro atoms. The molecule has 10 heteroatoms. The molecule has 0 amide bonds. The van der Waals surface area contributed by atoms with Crippen LogP contribution in [0.5, 0.6) is 0 Å². The molecule has 2 aromatic rings. The molecular weight excluding hydrogens is 462 g/mol. The fourth-order valence-corrected chi connectivity index (χ4v) is 4.74. The van der Waals surface area contributed by atoms with E-state index in [0.717, 1.165) is 11.6 Å². The van der Waals surface area contributed by atoms with Gasteiger partial charge in [-0.05, 0) is 52.9 Å². The van der Waals surface area contributed by atoms with Gasteiger partial charge in [0.15, 0.2) is 0 Å². The first-order valence-electron chi connectivity index (χ1n) is 10.3. The second kappa shape index (κ2) is 10.1. The molecule has 5 nitrogen and oxygen atoms in total. The number of carbonyl (C=O) groups is 1. The lowest BCUT2D eigenvalue weighted by molar-refractivity contribution is -0.140. The number of sulfonamides is 1. The van der Waals surface area contributed by atoms with Gasteiger partial charge >= 0.3 is 6.18 Å². The fourth-order valence-electron chi connectivity index (χ4n) is 3.64. The smallest absolute Gasteiger partial charge is 0.377 e. The van der Waals surface area contributed by atoms with Crippen molar-refractivity contribution in [2.75, 3.05) is 19.8 Å². The highest BCUT2D eigenvalue weighted by molar-refractivity contribution is 7.89. The molecule has 0 aromatic heterocycles. The molecule has 33 heavy (non-hydrogen) atoms. The minimum absolute atomic E-state index is 0.00954. The maximum atomic E-state index is 13.5. The SMILES string of the molecule is CCNS(=O)(=O)c1ccc(C2=CCOCC2)c(CC(=O)Cc2ccc(F)c(C(F)(F)F)c2)c1. The van der Waals surface area contributed by atoms with Crippen molar-refractivity contribution < 1.29 is 35.5 Å². The van der Waals surface area contributed by atoms with Crippen LogP contribution in [0.1, 0.15) is 35.6 Å². The molecule has 2 aromatic carbocycles. The number of hydrogen-bond acceptors (Lipinski definition) is 4. The number of Topliss-reactive ketones (excluding diaryl/α,β-unsaturated/α-hetero) is 1. The number of hydrogen-bond donors (Lipinski definition) is 1. The van der Waals surface area contributed by atoms with Gasteiger partial charge < -0.3 is 4.74 Å². The summed E-state index contributed by atoms with van der Waals surface area (Å²) in [4.78, 5) is 12.8. The van der Waals surface area contributed by atoms with Gasteiger partial charge in [-0.25, -0.2) is 17.5 Å². The number of ether oxygens (including phenoxy) is 1. The lowest BCUT2D eigenvalue weighted by Gasteiger charge is -2.18. The summed E-state index contributed by atoms with van der Waals surface area (Å²) in [7, 11) is -3.77. The van der Waals surface area contributed by atoms with Crippen molar-refractivity contribution in [1.82, 2.24) is 4.72 Å². The Hall–Kier alpha value is -2.56. The van der Waals surface area contributed by atoms with Crippen molar-refractivity contribution in [3.05, 3.63) is 70.5 Å². The average molecular weight is 485 g/mol. The highest BCUT2D eigenvalue weighted by Crippen LogP contribution is 2.32. The van der Waals surface area contributed by atoms with E-state index in [2.05, 4.69) is 4.72 Å². The average Bonchev–Trinajstić information content (AvgIpc) is 2.75. The van der Waals surface area contributed by atoms with Gasteiger partial charge in [-0.15, -0.1) is 0 Å². The van der Waals surface area contributed by atoms with E-state index >= 15 is 0 Å². The number of carbonyl (C=O) groups excluding carboxylic acids is 1. The molecule has 0 saturated heterocycles. The van der Waals surface area contributed by atoms with Crippen molar-refractivity contribution >= 4 is 21.4 Å². The summed E-state index contributed by atoms with van der Waals surface area (Å²) < 4.78 is 85.1. The number of nitrogens with one attached hydrogen (secondary N) is 1. The van der Waals surface area contributed by atoms with E-state index in [1.54, 1.807) is 13.0 Å². The summed E-state index contributed by atoms with van der Waals surface area (Å²) in [5, 5.41) is 0. The van der Waals surface area contributed by atoms with E-state index in [0.29, 0.717) is 42.9 Å². The standard InChI is InChI=1S/C23H23F4NO4S/c1-2-28-33(30,31)19-4-5-20(16-7-9-32-10-8-16)17(14-19)13-18(29)11-15-3-6-22(24)21(12-15)23(25,26)27/h3-7,12,14,28H,2,8-11,13H2,1H3. The summed E-state index contributed by atoms with van der Waals surface area (Å²) in [6.07, 6.45) is -2.99. The number of rotatable bonds is 8. The van der Waals surface area contributed by atoms with Crippen LogP contribution in [0.15, 0.2) is 47.4 Å². The molecule has 1 N–H and O–H groups in total. The number of ketones is 1. The third kappa shape index (κ3) is 6.27. The first kappa shape index (κ1) is 25.1. The highest BCUT2D eigenvalue weighted by Gasteiger charge is 2.34. The first-order valence-corrected chi connectivity index (χ1v) is 11.8. The summed E-state index contributed by atoms with van der Waals surface area (Å²) in [5.74, 6) is -1.84. The predicted molar refractivity (Wildman–Crippen MR) is 115 cm³/mol. The normalized spacial score (nSPS) is 14.8. The van der Waals surface area contributed by atoms with Crippen LogP contribution in [0, 0.1) is 5.82 Å². The van der Waals surface area contributed by atoms with Crippen LogP contribution < -0.4 is 4.72 Å². The van der Waals surface area contributed by atoms with Crippen LogP contribution >= 0.6 is 0 Å². The van der Waals surface area contributed by atoms with Gasteiger partial charge in [0.25, 0.3) is 0 Å². The first-order chi connectivity index (χ1) is 15.5. The van der Waals surface area contributed by atoms with Crippen LogP contribution in [0.4, 0.5) is 17.6 Å². The van der Waals surface area contributed by atoms with E-state index in [-0.39, 0.29) is 29.8 Å². The molecule has 1 aliphatic heterocycles. The molecule has 0 bridgehead atoms. The zero-order valence-corrected chi connectivity index (χ0v) is 18.7. The van der Waals surface area contributed by atoms with Crippen LogP contribution in [0.25, 0.3) is 5.57 Å². The Morgan fingerprint density at radius 1 is 1.12 bits per heavy atom. The van der Waals surface area contributed by atoms with Crippen LogP contribution in [0.3, 0.4) is 0 Å². The molecule has 0 aliphatic carbocycles. The molecule has 0 atom stereocenters. The van der Waals surface area contributed by atoms with Gasteiger partial charge in [-0.2, -0.15) is 13.2 Å². The van der Waals surface area contributed by atoms with E-state index < -0.39 is 33.4 Å². The molecule has 0 radical (unpaired) electrons. The summed E-state index contributed by atoms with van der Waals surface area (Å²) in [6.45, 7) is 2.69. The predicted octanol–water partition coefficient (Wildman–Crippen LogP) is 4.30. The third-order valence-electron chi connectivity index (χ3n) is 5.16. The molecule has 1 aliphatic rings. The van der Waals surface area contributed by atoms with Crippen molar-refractivity contribution in [3.63, 3.8) is 0 Å². The van der Waals surface area contributed by atoms with Crippen molar-refractivity contribution in [2.45, 2.75) is 37.3 Å². The Balaban J connectivity index is 1.92. The van der Waals surface area contributed by atoms with Crippen molar-refractivity contribution in [1.29, 1.82) is 0 Å². The third-order valence-corrected chi connectivity index (χ3v) is 6.70. The molecule has 178 valence electrons. The van der Waals surface area contributed by atoms with E-state index in [1.807, 2.05) is 6.08 Å². The topological polar surface area (TPSA) is 72.5 Å². The number of benzene rings is 2. The van der Waals surface area contributed by atoms with Gasteiger partial charge in [0.05, 0.1) is 23.7 Å². The minimum Gasteiger partial charge on any atom is -0.377 e. The van der Waals surface area contributed by atoms with Crippen LogP contribution in [-0.4, -0.2) is 34.0 Å². The monoisotopic (exact) mass is 485 g/mol. The Morgan fingerprint density at radius 2 is 1.88 bits per heavy atom. The number of halogens is 4. The Bertz CT molecular complexity index is 1170. The van der Waals surface area contributed by atoms with E-state index in [1.165, 1.54) is 12.1 Å². The highest BCUT2D eigenvalue weighted by atomic mass is 32.2. The molecule has 3 rings (SSSR count). The van der Waals surface area contributed by atoms with Crippen LogP contribution in [-0.2, 0) is 38.6 Å². The molecule has 0 fully saturated rings. The second-order valence-electron chi connectivity index (χ2n) is 7.58. The number of alkyl halides is 3. The zero-order chi connectivity index (χ0) is 24.2. The molecular formula is C23H23F4NO4S. The largest absolute Gasteiger partial charge is 0.419 e. The molecule has 0 saturated carbocycles. The fraction of sp³-hybridized carbons (Fsp3) is 0.348. The lowest BCUT2D eigenvalue weighted by Crippen LogP contribution is -2.23. The van der Waals surface area contributed by atoms with Gasteiger partial charge in [-0.1, -0.05) is 25.1 Å². The van der Waals surface area contributed by atoms with Crippen molar-refractivity contribution in [2.24, 2.45) is 0 Å². The molecule has 0 unspecified atom stereocenters. The van der Waals surface area contributed by atoms with Crippen molar-refractivity contribution in [3.8, 4) is 0 Å². The summed E-state index contributed by atoms with van der Waals surface area (Å²) in [6, 6.07) is 6.94.